The number of rotatable bonds is 1. The van der Waals surface area contributed by atoms with E-state index in [2.05, 4.69) is 16.8 Å². The molecule has 90 valence electrons. The maximum Gasteiger partial charge on any atom is 0.298 e. The molecule has 3 rings (SSSR count). The Kier molecular flexibility index (Phi) is 2.40. The van der Waals surface area contributed by atoms with Crippen molar-refractivity contribution in [2.45, 2.75) is 13.0 Å². The fourth-order valence-electron chi connectivity index (χ4n) is 2.09. The van der Waals surface area contributed by atoms with Crippen LogP contribution in [0.5, 0.6) is 0 Å². The van der Waals surface area contributed by atoms with Gasteiger partial charge >= 0.3 is 0 Å². The molecule has 1 saturated heterocycles. The van der Waals surface area contributed by atoms with Crippen LogP contribution >= 0.6 is 0 Å². The van der Waals surface area contributed by atoms with E-state index in [9.17, 15) is 0 Å². The summed E-state index contributed by atoms with van der Waals surface area (Å²) in [5.41, 5.74) is 7.99. The van der Waals surface area contributed by atoms with Crippen LogP contribution in [0.3, 0.4) is 0 Å². The van der Waals surface area contributed by atoms with Crippen LogP contribution < -0.4 is 10.6 Å². The molecule has 0 aliphatic carbocycles. The summed E-state index contributed by atoms with van der Waals surface area (Å²) >= 11 is 0. The summed E-state index contributed by atoms with van der Waals surface area (Å²) in [6.45, 7) is 4.30. The van der Waals surface area contributed by atoms with Gasteiger partial charge in [0.25, 0.3) is 6.01 Å². The Morgan fingerprint density at radius 1 is 1.47 bits per heavy atom. The third-order valence-corrected chi connectivity index (χ3v) is 3.05. The predicted octanol–water partition coefficient (Wildman–Crippen LogP) is 1.64. The molecule has 1 atom stereocenters. The number of morpholine rings is 1. The standard InChI is InChI=1S/C12H15N3O2/c1-8-7-16-6-5-15(8)12-14-11-9(13)3-2-4-10(11)17-12/h2-4,8H,5-7,13H2,1H3. The molecule has 2 heterocycles. The highest BCUT2D eigenvalue weighted by molar-refractivity contribution is 5.86. The molecule has 5 heteroatoms. The average Bonchev–Trinajstić information content (AvgIpc) is 2.75. The molecule has 0 amide bonds. The van der Waals surface area contributed by atoms with Crippen molar-refractivity contribution in [1.29, 1.82) is 0 Å². The summed E-state index contributed by atoms with van der Waals surface area (Å²) in [7, 11) is 0. The van der Waals surface area contributed by atoms with E-state index in [0.717, 1.165) is 17.6 Å². The van der Waals surface area contributed by atoms with E-state index in [1.807, 2.05) is 18.2 Å². The highest BCUT2D eigenvalue weighted by Gasteiger charge is 2.23. The van der Waals surface area contributed by atoms with Crippen molar-refractivity contribution < 1.29 is 9.15 Å². The van der Waals surface area contributed by atoms with E-state index in [1.54, 1.807) is 0 Å². The Balaban J connectivity index is 2.02. The lowest BCUT2D eigenvalue weighted by atomic mass is 10.3. The lowest BCUT2D eigenvalue weighted by molar-refractivity contribution is 0.0963. The van der Waals surface area contributed by atoms with Crippen molar-refractivity contribution in [2.75, 3.05) is 30.4 Å². The first kappa shape index (κ1) is 10.4. The van der Waals surface area contributed by atoms with Gasteiger partial charge in [0.15, 0.2) is 5.58 Å². The Bertz CT molecular complexity index is 538. The second-order valence-electron chi connectivity index (χ2n) is 4.31. The molecule has 2 aromatic rings. The maximum atomic E-state index is 5.87. The number of para-hydroxylation sites is 1. The van der Waals surface area contributed by atoms with E-state index < -0.39 is 0 Å². The van der Waals surface area contributed by atoms with Crippen LogP contribution in [0.1, 0.15) is 6.92 Å². The summed E-state index contributed by atoms with van der Waals surface area (Å²) in [5, 5.41) is 0. The fraction of sp³-hybridized carbons (Fsp3) is 0.417. The normalized spacial score (nSPS) is 21.0. The number of nitrogens with two attached hydrogens (primary N) is 1. The van der Waals surface area contributed by atoms with Gasteiger partial charge in [0.1, 0.15) is 5.52 Å². The number of aromatic nitrogens is 1. The third kappa shape index (κ3) is 1.72. The molecule has 1 aromatic carbocycles. The molecule has 1 aromatic heterocycles. The molecule has 0 saturated carbocycles. The van der Waals surface area contributed by atoms with Crippen molar-refractivity contribution in [1.82, 2.24) is 4.98 Å². The molecule has 2 N–H and O–H groups in total. The van der Waals surface area contributed by atoms with Crippen LogP contribution in [0.15, 0.2) is 22.6 Å². The van der Waals surface area contributed by atoms with Crippen molar-refractivity contribution >= 4 is 22.8 Å². The number of hydrogen-bond acceptors (Lipinski definition) is 5. The predicted molar refractivity (Wildman–Crippen MR) is 66.0 cm³/mol. The van der Waals surface area contributed by atoms with Gasteiger partial charge in [-0.25, -0.2) is 0 Å². The molecule has 0 radical (unpaired) electrons. The Morgan fingerprint density at radius 2 is 2.35 bits per heavy atom. The molecular formula is C12H15N3O2. The number of fused-ring (bicyclic) bond motifs is 1. The van der Waals surface area contributed by atoms with E-state index in [0.29, 0.717) is 24.9 Å². The summed E-state index contributed by atoms with van der Waals surface area (Å²) in [6.07, 6.45) is 0. The second kappa shape index (κ2) is 3.92. The molecule has 0 bridgehead atoms. The van der Waals surface area contributed by atoms with E-state index >= 15 is 0 Å². The molecule has 0 spiro atoms. The van der Waals surface area contributed by atoms with Gasteiger partial charge in [-0.3, -0.25) is 0 Å². The second-order valence-corrected chi connectivity index (χ2v) is 4.31. The van der Waals surface area contributed by atoms with Crippen molar-refractivity contribution in [2.24, 2.45) is 0 Å². The first-order valence-corrected chi connectivity index (χ1v) is 5.75. The zero-order valence-electron chi connectivity index (χ0n) is 9.72. The highest BCUT2D eigenvalue weighted by Crippen LogP contribution is 2.27. The van der Waals surface area contributed by atoms with Crippen molar-refractivity contribution in [3.63, 3.8) is 0 Å². The van der Waals surface area contributed by atoms with Gasteiger partial charge in [0.2, 0.25) is 0 Å². The van der Waals surface area contributed by atoms with Gasteiger partial charge in [-0.05, 0) is 19.1 Å². The minimum atomic E-state index is 0.276. The Labute approximate surface area is 99.2 Å². The van der Waals surface area contributed by atoms with Crippen molar-refractivity contribution in [3.8, 4) is 0 Å². The molecule has 1 fully saturated rings. The lowest BCUT2D eigenvalue weighted by Crippen LogP contribution is -2.43. The summed E-state index contributed by atoms with van der Waals surface area (Å²) in [4.78, 5) is 6.58. The van der Waals surface area contributed by atoms with E-state index in [-0.39, 0.29) is 6.04 Å². The van der Waals surface area contributed by atoms with Crippen LogP contribution in [-0.2, 0) is 4.74 Å². The first-order valence-electron chi connectivity index (χ1n) is 5.75. The number of ether oxygens (including phenoxy) is 1. The molecular weight excluding hydrogens is 218 g/mol. The number of nitrogen functional groups attached to an aromatic ring is 1. The number of hydrogen-bond donors (Lipinski definition) is 1. The van der Waals surface area contributed by atoms with Crippen LogP contribution in [0.25, 0.3) is 11.1 Å². The SMILES string of the molecule is CC1COCCN1c1nc2c(N)cccc2o1. The quantitative estimate of drug-likeness (QED) is 0.758. The van der Waals surface area contributed by atoms with E-state index in [1.165, 1.54) is 0 Å². The average molecular weight is 233 g/mol. The molecule has 1 unspecified atom stereocenters. The largest absolute Gasteiger partial charge is 0.423 e. The lowest BCUT2D eigenvalue weighted by Gasteiger charge is -2.31. The van der Waals surface area contributed by atoms with E-state index in [4.69, 9.17) is 14.9 Å². The topological polar surface area (TPSA) is 64.5 Å². The van der Waals surface area contributed by atoms with Gasteiger partial charge in [0, 0.05) is 6.54 Å². The highest BCUT2D eigenvalue weighted by atomic mass is 16.5. The first-order chi connectivity index (χ1) is 8.25. The van der Waals surface area contributed by atoms with Crippen LogP contribution in [-0.4, -0.2) is 30.8 Å². The van der Waals surface area contributed by atoms with Gasteiger partial charge in [-0.1, -0.05) is 6.07 Å². The number of anilines is 2. The van der Waals surface area contributed by atoms with Gasteiger partial charge in [-0.15, -0.1) is 0 Å². The Morgan fingerprint density at radius 3 is 3.12 bits per heavy atom. The number of nitrogens with zero attached hydrogens (tertiary/aromatic N) is 2. The number of benzene rings is 1. The minimum Gasteiger partial charge on any atom is -0.423 e. The molecule has 1 aliphatic heterocycles. The minimum absolute atomic E-state index is 0.276. The summed E-state index contributed by atoms with van der Waals surface area (Å²) < 4.78 is 11.1. The van der Waals surface area contributed by atoms with Crippen LogP contribution in [0, 0.1) is 0 Å². The molecule has 17 heavy (non-hydrogen) atoms. The van der Waals surface area contributed by atoms with Crippen LogP contribution in [0.2, 0.25) is 0 Å². The zero-order valence-corrected chi connectivity index (χ0v) is 9.72. The molecule has 1 aliphatic rings. The summed E-state index contributed by atoms with van der Waals surface area (Å²) in [6, 6.07) is 6.49. The summed E-state index contributed by atoms with van der Waals surface area (Å²) in [5.74, 6) is 0. The van der Waals surface area contributed by atoms with Gasteiger partial charge in [-0.2, -0.15) is 4.98 Å². The smallest absolute Gasteiger partial charge is 0.298 e. The third-order valence-electron chi connectivity index (χ3n) is 3.05. The molecule has 5 nitrogen and oxygen atoms in total. The Hall–Kier alpha value is -1.75. The number of oxazole rings is 1. The van der Waals surface area contributed by atoms with Gasteiger partial charge in [0.05, 0.1) is 24.9 Å². The van der Waals surface area contributed by atoms with Crippen LogP contribution in [0.4, 0.5) is 11.7 Å². The maximum absolute atomic E-state index is 5.87. The fourth-order valence-corrected chi connectivity index (χ4v) is 2.09. The van der Waals surface area contributed by atoms with Crippen molar-refractivity contribution in [3.05, 3.63) is 18.2 Å². The van der Waals surface area contributed by atoms with Gasteiger partial charge < -0.3 is 19.8 Å². The zero-order chi connectivity index (χ0) is 11.8. The monoisotopic (exact) mass is 233 g/mol.